The Morgan fingerprint density at radius 2 is 2.17 bits per heavy atom. The first-order valence-electron chi connectivity index (χ1n) is 6.85. The first-order chi connectivity index (χ1) is 8.65. The summed E-state index contributed by atoms with van der Waals surface area (Å²) in [6.07, 6.45) is 6.45. The Bertz CT molecular complexity index is 381. The van der Waals surface area contributed by atoms with Crippen LogP contribution in [0.4, 0.5) is 0 Å². The molecule has 0 N–H and O–H groups in total. The summed E-state index contributed by atoms with van der Waals surface area (Å²) < 4.78 is 0. The monoisotopic (exact) mass is 267 g/mol. The number of rotatable bonds is 3. The molecule has 2 heterocycles. The van der Waals surface area contributed by atoms with Gasteiger partial charge in [0.15, 0.2) is 0 Å². The minimum absolute atomic E-state index is 0.553. The molecule has 100 valence electrons. The van der Waals surface area contributed by atoms with Crippen LogP contribution in [0.3, 0.4) is 0 Å². The fraction of sp³-hybridized carbons (Fsp3) is 0.714. The number of hydrogen-bond donors (Lipinski definition) is 0. The van der Waals surface area contributed by atoms with Gasteiger partial charge in [-0.3, -0.25) is 0 Å². The van der Waals surface area contributed by atoms with Crippen molar-refractivity contribution >= 4 is 11.6 Å². The van der Waals surface area contributed by atoms with Crippen LogP contribution in [0.2, 0.25) is 5.15 Å². The zero-order valence-corrected chi connectivity index (χ0v) is 12.0. The van der Waals surface area contributed by atoms with Crippen LogP contribution in [0.25, 0.3) is 0 Å². The number of halogens is 1. The average Bonchev–Trinajstić information content (AvgIpc) is 2.55. The Kier molecular flexibility index (Phi) is 4.95. The molecule has 4 heteroatoms. The lowest BCUT2D eigenvalue weighted by molar-refractivity contribution is 0.228. The predicted molar refractivity (Wildman–Crippen MR) is 74.8 cm³/mol. The molecule has 1 aliphatic rings. The topological polar surface area (TPSA) is 29.0 Å². The van der Waals surface area contributed by atoms with Crippen molar-refractivity contribution in [2.45, 2.75) is 45.6 Å². The van der Waals surface area contributed by atoms with Gasteiger partial charge in [0, 0.05) is 11.7 Å². The van der Waals surface area contributed by atoms with Gasteiger partial charge in [-0.05, 0) is 64.6 Å². The van der Waals surface area contributed by atoms with E-state index in [2.05, 4.69) is 28.7 Å². The van der Waals surface area contributed by atoms with Crippen molar-refractivity contribution in [3.05, 3.63) is 23.2 Å². The third-order valence-corrected chi connectivity index (χ3v) is 4.01. The van der Waals surface area contributed by atoms with Gasteiger partial charge in [-0.15, -0.1) is 0 Å². The van der Waals surface area contributed by atoms with Crippen LogP contribution < -0.4 is 0 Å². The van der Waals surface area contributed by atoms with Crippen molar-refractivity contribution in [3.8, 4) is 0 Å². The van der Waals surface area contributed by atoms with Gasteiger partial charge >= 0.3 is 0 Å². The van der Waals surface area contributed by atoms with E-state index >= 15 is 0 Å². The molecule has 0 radical (unpaired) electrons. The zero-order chi connectivity index (χ0) is 13.0. The lowest BCUT2D eigenvalue weighted by Crippen LogP contribution is -2.31. The molecule has 1 aromatic heterocycles. The van der Waals surface area contributed by atoms with Crippen LogP contribution in [0.1, 0.15) is 38.8 Å². The van der Waals surface area contributed by atoms with Gasteiger partial charge in [-0.1, -0.05) is 11.6 Å². The number of hydrogen-bond acceptors (Lipinski definition) is 3. The quantitative estimate of drug-likeness (QED) is 0.788. The summed E-state index contributed by atoms with van der Waals surface area (Å²) in [5.41, 5.74) is 1.08. The van der Waals surface area contributed by atoms with Crippen molar-refractivity contribution in [1.29, 1.82) is 0 Å². The highest BCUT2D eigenvalue weighted by atomic mass is 35.5. The zero-order valence-electron chi connectivity index (χ0n) is 11.3. The van der Waals surface area contributed by atoms with E-state index in [0.29, 0.717) is 11.2 Å². The summed E-state index contributed by atoms with van der Waals surface area (Å²) >= 11 is 5.90. The van der Waals surface area contributed by atoms with Crippen LogP contribution >= 0.6 is 11.6 Å². The SMILES string of the molecule is CC(C)N1CCC[C@H](Cc2cc(Cl)ncn2)CC1. The maximum atomic E-state index is 5.90. The molecule has 0 bridgehead atoms. The molecular formula is C14H22ClN3. The minimum Gasteiger partial charge on any atom is -0.301 e. The fourth-order valence-corrected chi connectivity index (χ4v) is 2.86. The molecular weight excluding hydrogens is 246 g/mol. The largest absolute Gasteiger partial charge is 0.301 e. The second-order valence-corrected chi connectivity index (χ2v) is 5.85. The summed E-state index contributed by atoms with van der Waals surface area (Å²) in [7, 11) is 0. The van der Waals surface area contributed by atoms with Crippen molar-refractivity contribution in [2.75, 3.05) is 13.1 Å². The minimum atomic E-state index is 0.553. The van der Waals surface area contributed by atoms with Crippen molar-refractivity contribution in [2.24, 2.45) is 5.92 Å². The lowest BCUT2D eigenvalue weighted by atomic mass is 9.95. The van der Waals surface area contributed by atoms with Gasteiger partial charge in [0.05, 0.1) is 0 Å². The van der Waals surface area contributed by atoms with E-state index in [1.165, 1.54) is 32.4 Å². The van der Waals surface area contributed by atoms with E-state index in [9.17, 15) is 0 Å². The molecule has 1 aromatic rings. The Morgan fingerprint density at radius 1 is 1.33 bits per heavy atom. The Morgan fingerprint density at radius 3 is 2.89 bits per heavy atom. The van der Waals surface area contributed by atoms with Gasteiger partial charge < -0.3 is 4.90 Å². The van der Waals surface area contributed by atoms with E-state index in [1.807, 2.05) is 6.07 Å². The van der Waals surface area contributed by atoms with Gasteiger partial charge in [-0.2, -0.15) is 0 Å². The van der Waals surface area contributed by atoms with Gasteiger partial charge in [0.2, 0.25) is 0 Å². The molecule has 0 unspecified atom stereocenters. The van der Waals surface area contributed by atoms with Crippen LogP contribution in [0.15, 0.2) is 12.4 Å². The molecule has 2 rings (SSSR count). The first-order valence-corrected chi connectivity index (χ1v) is 7.23. The molecule has 0 spiro atoms. The standard InChI is InChI=1S/C14H22ClN3/c1-11(2)18-6-3-4-12(5-7-18)8-13-9-14(15)17-10-16-13/h9-12H,3-8H2,1-2H3/t12-/m0/s1. The van der Waals surface area contributed by atoms with Crippen LogP contribution in [0, 0.1) is 5.92 Å². The maximum Gasteiger partial charge on any atom is 0.132 e. The van der Waals surface area contributed by atoms with Crippen LogP contribution in [-0.4, -0.2) is 34.0 Å². The summed E-state index contributed by atoms with van der Waals surface area (Å²) in [6.45, 7) is 7.01. The first kappa shape index (κ1) is 13.8. The maximum absolute atomic E-state index is 5.90. The summed E-state index contributed by atoms with van der Waals surface area (Å²) in [4.78, 5) is 10.8. The van der Waals surface area contributed by atoms with Gasteiger partial charge in [0.25, 0.3) is 0 Å². The van der Waals surface area contributed by atoms with E-state index < -0.39 is 0 Å². The molecule has 1 saturated heterocycles. The second kappa shape index (κ2) is 6.48. The lowest BCUT2D eigenvalue weighted by Gasteiger charge is -2.24. The van der Waals surface area contributed by atoms with Crippen LogP contribution in [-0.2, 0) is 6.42 Å². The highest BCUT2D eigenvalue weighted by Crippen LogP contribution is 2.22. The molecule has 3 nitrogen and oxygen atoms in total. The molecule has 1 fully saturated rings. The predicted octanol–water partition coefficient (Wildman–Crippen LogP) is 3.18. The normalized spacial score (nSPS) is 22.1. The van der Waals surface area contributed by atoms with E-state index in [1.54, 1.807) is 6.33 Å². The summed E-state index contributed by atoms with van der Waals surface area (Å²) in [5.74, 6) is 0.736. The molecule has 18 heavy (non-hydrogen) atoms. The smallest absolute Gasteiger partial charge is 0.132 e. The summed E-state index contributed by atoms with van der Waals surface area (Å²) in [6, 6.07) is 2.56. The molecule has 0 aliphatic carbocycles. The van der Waals surface area contributed by atoms with E-state index in [0.717, 1.165) is 18.0 Å². The van der Waals surface area contributed by atoms with Gasteiger partial charge in [0.1, 0.15) is 11.5 Å². The third-order valence-electron chi connectivity index (χ3n) is 3.80. The van der Waals surface area contributed by atoms with Crippen molar-refractivity contribution < 1.29 is 0 Å². The fourth-order valence-electron chi connectivity index (χ4n) is 2.69. The number of likely N-dealkylation sites (tertiary alicyclic amines) is 1. The van der Waals surface area contributed by atoms with Crippen molar-refractivity contribution in [3.63, 3.8) is 0 Å². The highest BCUT2D eigenvalue weighted by Gasteiger charge is 2.19. The molecule has 0 saturated carbocycles. The number of nitrogens with zero attached hydrogens (tertiary/aromatic N) is 3. The van der Waals surface area contributed by atoms with Crippen molar-refractivity contribution in [1.82, 2.24) is 14.9 Å². The molecule has 0 aromatic carbocycles. The molecule has 1 aliphatic heterocycles. The Labute approximate surface area is 115 Å². The number of aromatic nitrogens is 2. The summed E-state index contributed by atoms with van der Waals surface area (Å²) in [5, 5.41) is 0.553. The Hall–Kier alpha value is -0.670. The molecule has 0 amide bonds. The third kappa shape index (κ3) is 3.92. The van der Waals surface area contributed by atoms with Gasteiger partial charge in [-0.25, -0.2) is 9.97 Å². The van der Waals surface area contributed by atoms with E-state index in [4.69, 9.17) is 11.6 Å². The van der Waals surface area contributed by atoms with Crippen LogP contribution in [0.5, 0.6) is 0 Å². The Balaban J connectivity index is 1.91. The highest BCUT2D eigenvalue weighted by molar-refractivity contribution is 6.29. The average molecular weight is 268 g/mol. The van der Waals surface area contributed by atoms with E-state index in [-0.39, 0.29) is 0 Å². The molecule has 1 atom stereocenters. The second-order valence-electron chi connectivity index (χ2n) is 5.46.